The number of nitrogens with zero attached hydrogens (tertiary/aromatic N) is 3. The molecule has 2 rings (SSSR count). The van der Waals surface area contributed by atoms with Crippen LogP contribution in [0.1, 0.15) is 11.6 Å². The molecule has 1 aliphatic rings. The minimum Gasteiger partial charge on any atom is -0.481 e. The van der Waals surface area contributed by atoms with Gasteiger partial charge in [-0.05, 0) is 12.6 Å². The molecule has 0 aliphatic carbocycles. The van der Waals surface area contributed by atoms with Crippen molar-refractivity contribution in [1.82, 2.24) is 20.3 Å². The number of aromatic nitrogens is 1. The zero-order chi connectivity index (χ0) is 13.7. The van der Waals surface area contributed by atoms with Crippen LogP contribution in [-0.4, -0.2) is 61.8 Å². The minimum atomic E-state index is 0.0989. The molecule has 106 valence electrons. The number of nitrogens with one attached hydrogen (secondary N) is 1. The first-order chi connectivity index (χ1) is 9.22. The highest BCUT2D eigenvalue weighted by Gasteiger charge is 2.18. The van der Waals surface area contributed by atoms with Crippen LogP contribution in [0.15, 0.2) is 18.3 Å². The van der Waals surface area contributed by atoms with E-state index in [1.54, 1.807) is 7.11 Å². The van der Waals surface area contributed by atoms with Crippen LogP contribution in [0.3, 0.4) is 0 Å². The highest BCUT2D eigenvalue weighted by atomic mass is 16.5. The standard InChI is InChI=1S/C13H23N5O/c1-17-5-7-18(8-6-17)16-12(9-14)11-3-4-13(19-2)15-10-11/h3-4,10,12,16H,5-9,14H2,1-2H3. The third-order valence-electron chi connectivity index (χ3n) is 3.45. The summed E-state index contributed by atoms with van der Waals surface area (Å²) in [4.78, 5) is 6.55. The second-order valence-electron chi connectivity index (χ2n) is 4.84. The second-order valence-corrected chi connectivity index (χ2v) is 4.84. The summed E-state index contributed by atoms with van der Waals surface area (Å²) in [5, 5.41) is 2.24. The van der Waals surface area contributed by atoms with Crippen molar-refractivity contribution in [3.05, 3.63) is 23.9 Å². The molecular weight excluding hydrogens is 242 g/mol. The summed E-state index contributed by atoms with van der Waals surface area (Å²) in [5.74, 6) is 0.624. The van der Waals surface area contributed by atoms with Crippen LogP contribution in [0, 0.1) is 0 Å². The highest BCUT2D eigenvalue weighted by Crippen LogP contribution is 2.14. The van der Waals surface area contributed by atoms with Crippen LogP contribution in [0.2, 0.25) is 0 Å². The lowest BCUT2D eigenvalue weighted by Crippen LogP contribution is -2.52. The number of hydrazine groups is 1. The van der Waals surface area contributed by atoms with E-state index in [1.807, 2.05) is 18.3 Å². The molecule has 1 aromatic rings. The number of hydrogen-bond acceptors (Lipinski definition) is 6. The van der Waals surface area contributed by atoms with Crippen LogP contribution in [0.25, 0.3) is 0 Å². The third kappa shape index (κ3) is 3.87. The summed E-state index contributed by atoms with van der Waals surface area (Å²) in [6.45, 7) is 4.71. The maximum Gasteiger partial charge on any atom is 0.212 e. The summed E-state index contributed by atoms with van der Waals surface area (Å²) >= 11 is 0. The van der Waals surface area contributed by atoms with E-state index in [-0.39, 0.29) is 6.04 Å². The minimum absolute atomic E-state index is 0.0989. The van der Waals surface area contributed by atoms with E-state index in [0.717, 1.165) is 31.7 Å². The van der Waals surface area contributed by atoms with E-state index in [2.05, 4.69) is 27.4 Å². The maximum atomic E-state index is 5.86. The van der Waals surface area contributed by atoms with E-state index in [1.165, 1.54) is 0 Å². The van der Waals surface area contributed by atoms with Crippen molar-refractivity contribution in [2.75, 3.05) is 46.9 Å². The molecule has 6 heteroatoms. The van der Waals surface area contributed by atoms with Gasteiger partial charge < -0.3 is 15.4 Å². The van der Waals surface area contributed by atoms with E-state index in [4.69, 9.17) is 10.5 Å². The normalized spacial score (nSPS) is 19.3. The number of likely N-dealkylation sites (N-methyl/N-ethyl adjacent to an activating group) is 1. The molecule has 1 aromatic heterocycles. The van der Waals surface area contributed by atoms with Crippen molar-refractivity contribution in [3.8, 4) is 5.88 Å². The Morgan fingerprint density at radius 3 is 2.63 bits per heavy atom. The van der Waals surface area contributed by atoms with E-state index < -0.39 is 0 Å². The molecule has 0 bridgehead atoms. The molecule has 0 amide bonds. The number of ether oxygens (including phenoxy) is 1. The largest absolute Gasteiger partial charge is 0.481 e. The molecule has 1 unspecified atom stereocenters. The monoisotopic (exact) mass is 265 g/mol. The Balaban J connectivity index is 1.95. The average molecular weight is 265 g/mol. The van der Waals surface area contributed by atoms with Gasteiger partial charge in [0.15, 0.2) is 0 Å². The molecule has 19 heavy (non-hydrogen) atoms. The van der Waals surface area contributed by atoms with Crippen LogP contribution in [0.5, 0.6) is 5.88 Å². The number of piperazine rings is 1. The van der Waals surface area contributed by atoms with Gasteiger partial charge in [0.05, 0.1) is 13.2 Å². The van der Waals surface area contributed by atoms with Gasteiger partial charge in [-0.25, -0.2) is 15.4 Å². The first kappa shape index (κ1) is 14.2. The fraction of sp³-hybridized carbons (Fsp3) is 0.615. The first-order valence-corrected chi connectivity index (χ1v) is 6.62. The number of hydrogen-bond donors (Lipinski definition) is 2. The predicted octanol–water partition coefficient (Wildman–Crippen LogP) is -0.158. The van der Waals surface area contributed by atoms with Crippen LogP contribution in [-0.2, 0) is 0 Å². The van der Waals surface area contributed by atoms with Crippen molar-refractivity contribution >= 4 is 0 Å². The molecule has 1 atom stereocenters. The lowest BCUT2D eigenvalue weighted by Gasteiger charge is -2.35. The zero-order valence-electron chi connectivity index (χ0n) is 11.7. The second kappa shape index (κ2) is 6.81. The lowest BCUT2D eigenvalue weighted by atomic mass is 10.1. The number of nitrogens with two attached hydrogens (primary N) is 1. The predicted molar refractivity (Wildman–Crippen MR) is 74.8 cm³/mol. The molecule has 6 nitrogen and oxygen atoms in total. The van der Waals surface area contributed by atoms with Crippen LogP contribution < -0.4 is 15.9 Å². The van der Waals surface area contributed by atoms with E-state index in [0.29, 0.717) is 12.4 Å². The van der Waals surface area contributed by atoms with Crippen LogP contribution >= 0.6 is 0 Å². The summed E-state index contributed by atoms with van der Waals surface area (Å²) < 4.78 is 5.07. The van der Waals surface area contributed by atoms with Crippen molar-refractivity contribution in [2.24, 2.45) is 5.73 Å². The fourth-order valence-corrected chi connectivity index (χ4v) is 2.14. The summed E-state index contributed by atoms with van der Waals surface area (Å²) in [5.41, 5.74) is 10.4. The average Bonchev–Trinajstić information content (AvgIpc) is 2.47. The van der Waals surface area contributed by atoms with E-state index >= 15 is 0 Å². The Labute approximate surface area is 114 Å². The molecule has 3 N–H and O–H groups in total. The molecule has 0 radical (unpaired) electrons. The van der Waals surface area contributed by atoms with Crippen molar-refractivity contribution in [2.45, 2.75) is 6.04 Å². The Morgan fingerprint density at radius 1 is 1.37 bits per heavy atom. The van der Waals surface area contributed by atoms with Gasteiger partial charge in [-0.3, -0.25) is 0 Å². The molecule has 0 aromatic carbocycles. The van der Waals surface area contributed by atoms with Gasteiger partial charge in [0, 0.05) is 45.0 Å². The van der Waals surface area contributed by atoms with Crippen molar-refractivity contribution < 1.29 is 4.74 Å². The third-order valence-corrected chi connectivity index (χ3v) is 3.45. The molecule has 1 fully saturated rings. The summed E-state index contributed by atoms with van der Waals surface area (Å²) in [6.07, 6.45) is 1.82. The summed E-state index contributed by atoms with van der Waals surface area (Å²) in [7, 11) is 3.76. The molecule has 0 spiro atoms. The van der Waals surface area contributed by atoms with Gasteiger partial charge >= 0.3 is 0 Å². The molecule has 2 heterocycles. The van der Waals surface area contributed by atoms with Gasteiger partial charge in [0.1, 0.15) is 0 Å². The fourth-order valence-electron chi connectivity index (χ4n) is 2.14. The lowest BCUT2D eigenvalue weighted by molar-refractivity contribution is 0.0879. The first-order valence-electron chi connectivity index (χ1n) is 6.62. The van der Waals surface area contributed by atoms with Gasteiger partial charge in [-0.1, -0.05) is 6.07 Å². The molecular formula is C13H23N5O. The van der Waals surface area contributed by atoms with Crippen LogP contribution in [0.4, 0.5) is 0 Å². The Hall–Kier alpha value is -1.21. The SMILES string of the molecule is COc1ccc(C(CN)NN2CCN(C)CC2)cn1. The molecule has 1 saturated heterocycles. The Morgan fingerprint density at radius 2 is 2.11 bits per heavy atom. The zero-order valence-corrected chi connectivity index (χ0v) is 11.7. The topological polar surface area (TPSA) is 66.7 Å². The van der Waals surface area contributed by atoms with Gasteiger partial charge in [0.25, 0.3) is 0 Å². The maximum absolute atomic E-state index is 5.86. The van der Waals surface area contributed by atoms with Gasteiger partial charge in [-0.2, -0.15) is 0 Å². The van der Waals surface area contributed by atoms with Crippen molar-refractivity contribution in [3.63, 3.8) is 0 Å². The number of methoxy groups -OCH3 is 1. The smallest absolute Gasteiger partial charge is 0.212 e. The Kier molecular flexibility index (Phi) is 5.09. The van der Waals surface area contributed by atoms with Gasteiger partial charge in [-0.15, -0.1) is 0 Å². The highest BCUT2D eigenvalue weighted by molar-refractivity contribution is 5.20. The Bertz CT molecular complexity index is 375. The quantitative estimate of drug-likeness (QED) is 0.771. The summed E-state index contributed by atoms with van der Waals surface area (Å²) in [6, 6.07) is 3.97. The number of pyridine rings is 1. The molecule has 0 saturated carbocycles. The van der Waals surface area contributed by atoms with Crippen molar-refractivity contribution in [1.29, 1.82) is 0 Å². The molecule has 1 aliphatic heterocycles. The van der Waals surface area contributed by atoms with Gasteiger partial charge in [0.2, 0.25) is 5.88 Å². The number of rotatable bonds is 5. The van der Waals surface area contributed by atoms with E-state index in [9.17, 15) is 0 Å².